The van der Waals surface area contributed by atoms with Crippen molar-refractivity contribution in [2.75, 3.05) is 0 Å². The molecule has 3 rings (SSSR count). The summed E-state index contributed by atoms with van der Waals surface area (Å²) in [5.74, 6) is 0.753. The van der Waals surface area contributed by atoms with E-state index in [1.54, 1.807) is 18.3 Å². The van der Waals surface area contributed by atoms with Crippen LogP contribution in [0.4, 0.5) is 0 Å². The topological polar surface area (TPSA) is 34.9 Å². The van der Waals surface area contributed by atoms with Gasteiger partial charge in [0.15, 0.2) is 5.78 Å². The van der Waals surface area contributed by atoms with Crippen molar-refractivity contribution in [3.05, 3.63) is 96.1 Å². The van der Waals surface area contributed by atoms with Crippen molar-refractivity contribution in [3.8, 4) is 0 Å². The summed E-state index contributed by atoms with van der Waals surface area (Å²) in [7, 11) is 0. The lowest BCUT2D eigenvalue weighted by atomic mass is 10.1. The summed E-state index contributed by atoms with van der Waals surface area (Å²) in [6, 6.07) is 19.4. The number of hydrogen-bond donors (Lipinski definition) is 0. The van der Waals surface area contributed by atoms with Gasteiger partial charge in [0.25, 0.3) is 0 Å². The Morgan fingerprint density at radius 2 is 1.68 bits per heavy atom. The van der Waals surface area contributed by atoms with Gasteiger partial charge in [0.1, 0.15) is 5.82 Å². The Morgan fingerprint density at radius 1 is 1.00 bits per heavy atom. The number of carbonyl (C=O) groups excluding carboxylic acids is 1. The van der Waals surface area contributed by atoms with E-state index in [0.717, 1.165) is 12.4 Å². The van der Waals surface area contributed by atoms with Crippen molar-refractivity contribution >= 4 is 11.9 Å². The molecule has 0 spiro atoms. The largest absolute Gasteiger partial charge is 0.327 e. The predicted octanol–water partition coefficient (Wildman–Crippen LogP) is 3.83. The highest BCUT2D eigenvalue weighted by Crippen LogP contribution is 2.08. The van der Waals surface area contributed by atoms with E-state index < -0.39 is 0 Å². The van der Waals surface area contributed by atoms with Gasteiger partial charge < -0.3 is 4.57 Å². The number of nitrogens with zero attached hydrogens (tertiary/aromatic N) is 2. The van der Waals surface area contributed by atoms with Gasteiger partial charge in [0.05, 0.1) is 0 Å². The third kappa shape index (κ3) is 3.38. The van der Waals surface area contributed by atoms with Gasteiger partial charge >= 0.3 is 0 Å². The average Bonchev–Trinajstić information content (AvgIpc) is 3.01. The van der Waals surface area contributed by atoms with Gasteiger partial charge in [-0.3, -0.25) is 4.79 Å². The molecule has 0 amide bonds. The smallest absolute Gasteiger partial charge is 0.185 e. The summed E-state index contributed by atoms with van der Waals surface area (Å²) < 4.78 is 2.02. The molecule has 0 saturated carbocycles. The molecule has 0 aliphatic heterocycles. The molecule has 3 nitrogen and oxygen atoms in total. The monoisotopic (exact) mass is 288 g/mol. The van der Waals surface area contributed by atoms with E-state index in [4.69, 9.17) is 0 Å². The Hall–Kier alpha value is -2.94. The van der Waals surface area contributed by atoms with Crippen LogP contribution in [0, 0.1) is 0 Å². The number of aromatic nitrogens is 2. The van der Waals surface area contributed by atoms with Gasteiger partial charge in [-0.25, -0.2) is 4.98 Å². The third-order valence-electron chi connectivity index (χ3n) is 3.39. The summed E-state index contributed by atoms with van der Waals surface area (Å²) in [4.78, 5) is 16.4. The zero-order valence-electron chi connectivity index (χ0n) is 12.1. The molecule has 108 valence electrons. The van der Waals surface area contributed by atoms with Crippen LogP contribution in [0.3, 0.4) is 0 Å². The second-order valence-corrected chi connectivity index (χ2v) is 4.96. The van der Waals surface area contributed by atoms with Gasteiger partial charge in [-0.1, -0.05) is 60.7 Å². The van der Waals surface area contributed by atoms with Crippen molar-refractivity contribution in [2.45, 2.75) is 6.54 Å². The Kier molecular flexibility index (Phi) is 4.25. The molecule has 0 atom stereocenters. The summed E-state index contributed by atoms with van der Waals surface area (Å²) in [6.45, 7) is 0.736. The van der Waals surface area contributed by atoms with Crippen LogP contribution in [0.25, 0.3) is 6.08 Å². The quantitative estimate of drug-likeness (QED) is 0.528. The van der Waals surface area contributed by atoms with E-state index in [9.17, 15) is 4.79 Å². The molecule has 0 radical (unpaired) electrons. The first-order valence-corrected chi connectivity index (χ1v) is 7.15. The molecule has 0 aliphatic carbocycles. The standard InChI is InChI=1S/C19H16N2O/c22-18(17-9-5-2-6-10-17)11-12-19-20-13-14-21(19)15-16-7-3-1-4-8-16/h1-14H,15H2. The minimum atomic E-state index is -0.0186. The van der Waals surface area contributed by atoms with Crippen LogP contribution in [0.15, 0.2) is 79.1 Å². The number of rotatable bonds is 5. The van der Waals surface area contributed by atoms with E-state index in [1.165, 1.54) is 5.56 Å². The Labute approximate surface area is 129 Å². The van der Waals surface area contributed by atoms with Crippen LogP contribution in [-0.2, 0) is 6.54 Å². The molecule has 0 saturated heterocycles. The summed E-state index contributed by atoms with van der Waals surface area (Å²) in [5, 5.41) is 0. The van der Waals surface area contributed by atoms with Crippen LogP contribution in [0.1, 0.15) is 21.7 Å². The van der Waals surface area contributed by atoms with Crippen LogP contribution >= 0.6 is 0 Å². The minimum Gasteiger partial charge on any atom is -0.327 e. The fraction of sp³-hybridized carbons (Fsp3) is 0.0526. The van der Waals surface area contributed by atoms with Gasteiger partial charge in [-0.05, 0) is 17.7 Å². The highest BCUT2D eigenvalue weighted by molar-refractivity contribution is 6.06. The van der Waals surface area contributed by atoms with Gasteiger partial charge in [-0.2, -0.15) is 0 Å². The normalized spacial score (nSPS) is 10.9. The van der Waals surface area contributed by atoms with Crippen molar-refractivity contribution in [1.82, 2.24) is 9.55 Å². The number of allylic oxidation sites excluding steroid dienone is 1. The fourth-order valence-corrected chi connectivity index (χ4v) is 2.24. The highest BCUT2D eigenvalue weighted by atomic mass is 16.1. The molecule has 1 aromatic heterocycles. The zero-order chi connectivity index (χ0) is 15.2. The molecule has 0 N–H and O–H groups in total. The second-order valence-electron chi connectivity index (χ2n) is 4.96. The fourth-order valence-electron chi connectivity index (χ4n) is 2.24. The number of imidazole rings is 1. The van der Waals surface area contributed by atoms with E-state index in [0.29, 0.717) is 5.56 Å². The molecule has 2 aromatic carbocycles. The molecule has 0 unspecified atom stereocenters. The number of carbonyl (C=O) groups is 1. The number of ketones is 1. The highest BCUT2D eigenvalue weighted by Gasteiger charge is 2.03. The molecular weight excluding hydrogens is 272 g/mol. The lowest BCUT2D eigenvalue weighted by Crippen LogP contribution is -2.01. The van der Waals surface area contributed by atoms with Crippen LogP contribution in [0.2, 0.25) is 0 Å². The van der Waals surface area contributed by atoms with E-state index in [-0.39, 0.29) is 5.78 Å². The van der Waals surface area contributed by atoms with Crippen LogP contribution < -0.4 is 0 Å². The van der Waals surface area contributed by atoms with Crippen LogP contribution in [-0.4, -0.2) is 15.3 Å². The Bertz CT molecular complexity index is 773. The van der Waals surface area contributed by atoms with Gasteiger partial charge in [0.2, 0.25) is 0 Å². The average molecular weight is 288 g/mol. The number of hydrogen-bond acceptors (Lipinski definition) is 2. The van der Waals surface area contributed by atoms with Crippen molar-refractivity contribution in [2.24, 2.45) is 0 Å². The first-order valence-electron chi connectivity index (χ1n) is 7.15. The molecule has 0 aliphatic rings. The molecular formula is C19H16N2O. The first-order chi connectivity index (χ1) is 10.8. The Morgan fingerprint density at radius 3 is 2.41 bits per heavy atom. The summed E-state index contributed by atoms with van der Waals surface area (Å²) in [5.41, 5.74) is 1.88. The van der Waals surface area contributed by atoms with Crippen LogP contribution in [0.5, 0.6) is 0 Å². The second kappa shape index (κ2) is 6.68. The van der Waals surface area contributed by atoms with Gasteiger partial charge in [-0.15, -0.1) is 0 Å². The molecule has 1 heterocycles. The van der Waals surface area contributed by atoms with Gasteiger partial charge in [0, 0.05) is 24.5 Å². The Balaban J connectivity index is 1.75. The molecule has 22 heavy (non-hydrogen) atoms. The maximum absolute atomic E-state index is 12.1. The minimum absolute atomic E-state index is 0.0186. The SMILES string of the molecule is O=C(C=Cc1nccn1Cc1ccccc1)c1ccccc1. The maximum atomic E-state index is 12.1. The maximum Gasteiger partial charge on any atom is 0.185 e. The molecule has 3 heteroatoms. The van der Waals surface area contributed by atoms with E-state index in [2.05, 4.69) is 17.1 Å². The van der Waals surface area contributed by atoms with E-state index in [1.807, 2.05) is 59.3 Å². The zero-order valence-corrected chi connectivity index (χ0v) is 12.1. The van der Waals surface area contributed by atoms with Crippen molar-refractivity contribution in [3.63, 3.8) is 0 Å². The van der Waals surface area contributed by atoms with Crippen molar-refractivity contribution < 1.29 is 4.79 Å². The first kappa shape index (κ1) is 14.0. The number of benzene rings is 2. The summed E-state index contributed by atoms with van der Waals surface area (Å²) >= 11 is 0. The molecule has 3 aromatic rings. The lowest BCUT2D eigenvalue weighted by Gasteiger charge is -2.05. The molecule has 0 bridgehead atoms. The molecule has 0 fully saturated rings. The van der Waals surface area contributed by atoms with Crippen molar-refractivity contribution in [1.29, 1.82) is 0 Å². The summed E-state index contributed by atoms with van der Waals surface area (Å²) in [6.07, 6.45) is 6.99. The lowest BCUT2D eigenvalue weighted by molar-refractivity contribution is 0.104. The van der Waals surface area contributed by atoms with E-state index >= 15 is 0 Å². The predicted molar refractivity (Wildman–Crippen MR) is 87.6 cm³/mol. The third-order valence-corrected chi connectivity index (χ3v) is 3.39.